The fourth-order valence-electron chi connectivity index (χ4n) is 3.57. The SMILES string of the molecule is CCNC(=NCCCCN1CCN(Cc2ccccc2)CC1)NCCCCSC. The van der Waals surface area contributed by atoms with Gasteiger partial charge in [-0.25, -0.2) is 0 Å². The van der Waals surface area contributed by atoms with Gasteiger partial charge in [0.05, 0.1) is 0 Å². The summed E-state index contributed by atoms with van der Waals surface area (Å²) in [4.78, 5) is 9.92. The van der Waals surface area contributed by atoms with Gasteiger partial charge in [0.2, 0.25) is 0 Å². The molecule has 6 heteroatoms. The molecule has 2 N–H and O–H groups in total. The lowest BCUT2D eigenvalue weighted by Gasteiger charge is -2.34. The number of aliphatic imine (C=N–C) groups is 1. The Morgan fingerprint density at radius 2 is 1.72 bits per heavy atom. The van der Waals surface area contributed by atoms with E-state index in [1.807, 2.05) is 11.8 Å². The highest BCUT2D eigenvalue weighted by Crippen LogP contribution is 2.09. The van der Waals surface area contributed by atoms with Crippen LogP contribution in [-0.2, 0) is 6.54 Å². The topological polar surface area (TPSA) is 42.9 Å². The molecule has 1 saturated heterocycles. The molecule has 1 fully saturated rings. The average molecular weight is 420 g/mol. The maximum absolute atomic E-state index is 4.74. The maximum Gasteiger partial charge on any atom is 0.191 e. The van der Waals surface area contributed by atoms with Crippen LogP contribution < -0.4 is 10.6 Å². The van der Waals surface area contributed by atoms with Crippen LogP contribution in [0.5, 0.6) is 0 Å². The van der Waals surface area contributed by atoms with Gasteiger partial charge in [0, 0.05) is 52.4 Å². The third kappa shape index (κ3) is 10.9. The molecule has 0 bridgehead atoms. The van der Waals surface area contributed by atoms with E-state index in [1.54, 1.807) is 0 Å². The van der Waals surface area contributed by atoms with Crippen molar-refractivity contribution in [3.8, 4) is 0 Å². The molecule has 1 aromatic rings. The van der Waals surface area contributed by atoms with Gasteiger partial charge >= 0.3 is 0 Å². The van der Waals surface area contributed by atoms with Crippen molar-refractivity contribution in [3.63, 3.8) is 0 Å². The van der Waals surface area contributed by atoms with Gasteiger partial charge in [-0.1, -0.05) is 30.3 Å². The Balaban J connectivity index is 1.54. The van der Waals surface area contributed by atoms with E-state index in [2.05, 4.69) is 63.9 Å². The molecule has 164 valence electrons. The molecule has 0 atom stereocenters. The van der Waals surface area contributed by atoms with Crippen molar-refractivity contribution in [1.29, 1.82) is 0 Å². The monoisotopic (exact) mass is 419 g/mol. The molecule has 0 aliphatic carbocycles. The van der Waals surface area contributed by atoms with E-state index in [0.717, 1.165) is 38.6 Å². The Morgan fingerprint density at radius 3 is 2.45 bits per heavy atom. The summed E-state index contributed by atoms with van der Waals surface area (Å²) in [6.07, 6.45) is 7.04. The number of hydrogen-bond donors (Lipinski definition) is 2. The van der Waals surface area contributed by atoms with Crippen molar-refractivity contribution in [2.45, 2.75) is 39.2 Å². The number of nitrogens with one attached hydrogen (secondary N) is 2. The first kappa shape index (κ1) is 24.0. The molecule has 1 aliphatic rings. The first-order chi connectivity index (χ1) is 14.3. The molecule has 2 rings (SSSR count). The third-order valence-electron chi connectivity index (χ3n) is 5.28. The Labute approximate surface area is 182 Å². The Bertz CT molecular complexity index is 543. The van der Waals surface area contributed by atoms with Gasteiger partial charge in [0.1, 0.15) is 0 Å². The molecular formula is C23H41N5S. The number of nitrogens with zero attached hydrogens (tertiary/aromatic N) is 3. The van der Waals surface area contributed by atoms with E-state index in [1.165, 1.54) is 63.3 Å². The molecule has 0 aromatic heterocycles. The number of piperazine rings is 1. The maximum atomic E-state index is 4.74. The molecule has 0 spiro atoms. The minimum absolute atomic E-state index is 0.911. The zero-order chi connectivity index (χ0) is 20.6. The second-order valence-corrected chi connectivity index (χ2v) is 8.68. The standard InChI is InChI=1S/C23H41N5S/c1-3-24-23(26-14-8-10-20-29-2)25-13-7-9-15-27-16-18-28(19-17-27)21-22-11-5-4-6-12-22/h4-6,11-12H,3,7-10,13-21H2,1-2H3,(H2,24,25,26). The number of benzene rings is 1. The van der Waals surface area contributed by atoms with Crippen molar-refractivity contribution in [1.82, 2.24) is 20.4 Å². The summed E-state index contributed by atoms with van der Waals surface area (Å²) in [5, 5.41) is 6.81. The molecule has 0 unspecified atom stereocenters. The van der Waals surface area contributed by atoms with E-state index in [0.29, 0.717) is 0 Å². The normalized spacial score (nSPS) is 16.1. The summed E-state index contributed by atoms with van der Waals surface area (Å²) in [7, 11) is 0. The summed E-state index contributed by atoms with van der Waals surface area (Å²) >= 11 is 1.92. The summed E-state index contributed by atoms with van der Waals surface area (Å²) < 4.78 is 0. The van der Waals surface area contributed by atoms with Crippen LogP contribution in [0, 0.1) is 0 Å². The van der Waals surface area contributed by atoms with Crippen molar-refractivity contribution in [3.05, 3.63) is 35.9 Å². The Morgan fingerprint density at radius 1 is 0.966 bits per heavy atom. The predicted molar refractivity (Wildman–Crippen MR) is 129 cm³/mol. The molecule has 0 radical (unpaired) electrons. The van der Waals surface area contributed by atoms with Crippen molar-refractivity contribution >= 4 is 17.7 Å². The number of thioether (sulfide) groups is 1. The van der Waals surface area contributed by atoms with Crippen LogP contribution in [0.15, 0.2) is 35.3 Å². The quantitative estimate of drug-likeness (QED) is 0.292. The minimum Gasteiger partial charge on any atom is -0.357 e. The van der Waals surface area contributed by atoms with Crippen LogP contribution in [0.1, 0.15) is 38.2 Å². The lowest BCUT2D eigenvalue weighted by Crippen LogP contribution is -2.46. The minimum atomic E-state index is 0.911. The van der Waals surface area contributed by atoms with Crippen molar-refractivity contribution in [2.24, 2.45) is 4.99 Å². The zero-order valence-corrected chi connectivity index (χ0v) is 19.4. The largest absolute Gasteiger partial charge is 0.357 e. The van der Waals surface area contributed by atoms with E-state index in [9.17, 15) is 0 Å². The van der Waals surface area contributed by atoms with Crippen LogP contribution in [0.2, 0.25) is 0 Å². The molecule has 1 aliphatic heterocycles. The Hall–Kier alpha value is -1.24. The van der Waals surface area contributed by atoms with Gasteiger partial charge in [0.15, 0.2) is 5.96 Å². The first-order valence-corrected chi connectivity index (χ1v) is 12.7. The summed E-state index contributed by atoms with van der Waals surface area (Å²) in [5.74, 6) is 2.22. The molecule has 5 nitrogen and oxygen atoms in total. The van der Waals surface area contributed by atoms with Crippen LogP contribution in [0.25, 0.3) is 0 Å². The lowest BCUT2D eigenvalue weighted by atomic mass is 10.2. The predicted octanol–water partition coefficient (Wildman–Crippen LogP) is 3.28. The molecule has 0 amide bonds. The van der Waals surface area contributed by atoms with Crippen LogP contribution in [-0.4, -0.2) is 80.1 Å². The second-order valence-electron chi connectivity index (χ2n) is 7.70. The van der Waals surface area contributed by atoms with Gasteiger partial charge in [-0.15, -0.1) is 0 Å². The van der Waals surface area contributed by atoms with Crippen molar-refractivity contribution < 1.29 is 0 Å². The van der Waals surface area contributed by atoms with Crippen LogP contribution >= 0.6 is 11.8 Å². The zero-order valence-electron chi connectivity index (χ0n) is 18.5. The summed E-state index contributed by atoms with van der Waals surface area (Å²) in [6.45, 7) is 12.0. The number of hydrogen-bond acceptors (Lipinski definition) is 4. The summed E-state index contributed by atoms with van der Waals surface area (Å²) in [6, 6.07) is 10.8. The van der Waals surface area contributed by atoms with E-state index in [4.69, 9.17) is 4.99 Å². The third-order valence-corrected chi connectivity index (χ3v) is 5.98. The first-order valence-electron chi connectivity index (χ1n) is 11.3. The molecule has 0 saturated carbocycles. The highest BCUT2D eigenvalue weighted by atomic mass is 32.2. The smallest absolute Gasteiger partial charge is 0.191 e. The molecule has 1 aromatic carbocycles. The molecular weight excluding hydrogens is 378 g/mol. The number of rotatable bonds is 13. The van der Waals surface area contributed by atoms with Crippen LogP contribution in [0.4, 0.5) is 0 Å². The number of guanidine groups is 1. The van der Waals surface area contributed by atoms with E-state index >= 15 is 0 Å². The van der Waals surface area contributed by atoms with E-state index < -0.39 is 0 Å². The van der Waals surface area contributed by atoms with Gasteiger partial charge in [-0.2, -0.15) is 11.8 Å². The summed E-state index contributed by atoms with van der Waals surface area (Å²) in [5.41, 5.74) is 1.42. The fraction of sp³-hybridized carbons (Fsp3) is 0.696. The molecule has 1 heterocycles. The van der Waals surface area contributed by atoms with E-state index in [-0.39, 0.29) is 0 Å². The van der Waals surface area contributed by atoms with Crippen LogP contribution in [0.3, 0.4) is 0 Å². The fourth-order valence-corrected chi connectivity index (χ4v) is 4.06. The van der Waals surface area contributed by atoms with Gasteiger partial charge < -0.3 is 15.5 Å². The van der Waals surface area contributed by atoms with Crippen molar-refractivity contribution in [2.75, 3.05) is 64.4 Å². The van der Waals surface area contributed by atoms with Gasteiger partial charge in [-0.05, 0) is 56.7 Å². The average Bonchev–Trinajstić information content (AvgIpc) is 2.75. The number of unbranched alkanes of at least 4 members (excludes halogenated alkanes) is 2. The van der Waals surface area contributed by atoms with Gasteiger partial charge in [-0.3, -0.25) is 9.89 Å². The molecule has 29 heavy (non-hydrogen) atoms. The Kier molecular flexibility index (Phi) is 12.9. The highest BCUT2D eigenvalue weighted by Gasteiger charge is 2.16. The second kappa shape index (κ2) is 15.6. The lowest BCUT2D eigenvalue weighted by molar-refractivity contribution is 0.126. The highest BCUT2D eigenvalue weighted by molar-refractivity contribution is 7.98. The van der Waals surface area contributed by atoms with Gasteiger partial charge in [0.25, 0.3) is 0 Å².